The Morgan fingerprint density at radius 3 is 2.48 bits per heavy atom. The number of anilines is 1. The maximum atomic E-state index is 12.3. The van der Waals surface area contributed by atoms with Crippen molar-refractivity contribution < 1.29 is 4.79 Å². The Labute approximate surface area is 128 Å². The van der Waals surface area contributed by atoms with Crippen LogP contribution in [0.1, 0.15) is 0 Å². The number of para-hydroxylation sites is 1. The summed E-state index contributed by atoms with van der Waals surface area (Å²) >= 11 is 5.90. The first kappa shape index (κ1) is 13.9. The molecule has 21 heavy (non-hydrogen) atoms. The zero-order valence-corrected chi connectivity index (χ0v) is 12.4. The van der Waals surface area contributed by atoms with Crippen molar-refractivity contribution in [3.63, 3.8) is 0 Å². The molecule has 0 unspecified atom stereocenters. The first-order chi connectivity index (χ1) is 10.2. The molecular weight excluding hydrogens is 288 g/mol. The van der Waals surface area contributed by atoms with E-state index in [4.69, 9.17) is 11.6 Å². The third-order valence-electron chi connectivity index (χ3n) is 3.72. The second kappa shape index (κ2) is 6.18. The lowest BCUT2D eigenvalue weighted by atomic mass is 10.2. The highest BCUT2D eigenvalue weighted by atomic mass is 35.5. The van der Waals surface area contributed by atoms with Crippen LogP contribution >= 0.6 is 11.6 Å². The number of carbonyl (C=O) groups excluding carboxylic acids is 1. The zero-order chi connectivity index (χ0) is 14.7. The van der Waals surface area contributed by atoms with Gasteiger partial charge in [0.25, 0.3) is 0 Å². The van der Waals surface area contributed by atoms with Gasteiger partial charge in [-0.3, -0.25) is 4.79 Å². The van der Waals surface area contributed by atoms with Gasteiger partial charge in [0.1, 0.15) is 6.54 Å². The van der Waals surface area contributed by atoms with Gasteiger partial charge in [-0.1, -0.05) is 18.2 Å². The van der Waals surface area contributed by atoms with Crippen LogP contribution in [0.15, 0.2) is 42.7 Å². The van der Waals surface area contributed by atoms with Crippen molar-refractivity contribution in [2.45, 2.75) is 6.54 Å². The van der Waals surface area contributed by atoms with Gasteiger partial charge in [0.05, 0.1) is 0 Å². The normalized spacial score (nSPS) is 15.3. The molecular formula is C15H17ClN4O. The molecule has 3 rings (SSSR count). The summed E-state index contributed by atoms with van der Waals surface area (Å²) in [5.41, 5.74) is 1.21. The minimum atomic E-state index is 0.0858. The molecule has 1 aliphatic rings. The maximum absolute atomic E-state index is 12.3. The molecule has 6 heteroatoms. The topological polar surface area (TPSA) is 41.4 Å². The molecule has 0 radical (unpaired) electrons. The predicted molar refractivity (Wildman–Crippen MR) is 82.5 cm³/mol. The molecule has 0 N–H and O–H groups in total. The molecule has 0 aliphatic carbocycles. The predicted octanol–water partition coefficient (Wildman–Crippen LogP) is 1.89. The highest BCUT2D eigenvalue weighted by Gasteiger charge is 2.21. The van der Waals surface area contributed by atoms with Crippen molar-refractivity contribution in [2.24, 2.45) is 0 Å². The van der Waals surface area contributed by atoms with Gasteiger partial charge in [0.2, 0.25) is 11.2 Å². The van der Waals surface area contributed by atoms with Crippen LogP contribution in [0, 0.1) is 0 Å². The maximum Gasteiger partial charge on any atom is 0.242 e. The van der Waals surface area contributed by atoms with Crippen molar-refractivity contribution in [3.8, 4) is 0 Å². The number of carbonyl (C=O) groups is 1. The Kier molecular flexibility index (Phi) is 4.10. The van der Waals surface area contributed by atoms with E-state index in [-0.39, 0.29) is 12.5 Å². The summed E-state index contributed by atoms with van der Waals surface area (Å²) in [6, 6.07) is 10.3. The van der Waals surface area contributed by atoms with Gasteiger partial charge in [-0.15, -0.1) is 0 Å². The van der Waals surface area contributed by atoms with E-state index in [0.717, 1.165) is 26.2 Å². The summed E-state index contributed by atoms with van der Waals surface area (Å²) in [7, 11) is 0. The second-order valence-corrected chi connectivity index (χ2v) is 5.37. The number of amides is 1. The molecule has 1 fully saturated rings. The quantitative estimate of drug-likeness (QED) is 0.869. The highest BCUT2D eigenvalue weighted by Crippen LogP contribution is 2.16. The molecule has 1 aliphatic heterocycles. The number of imidazole rings is 1. The molecule has 5 nitrogen and oxygen atoms in total. The summed E-state index contributed by atoms with van der Waals surface area (Å²) in [5, 5.41) is 0.353. The van der Waals surface area contributed by atoms with Crippen LogP contribution < -0.4 is 4.90 Å². The first-order valence-electron chi connectivity index (χ1n) is 6.98. The van der Waals surface area contributed by atoms with Crippen LogP contribution in [-0.2, 0) is 11.3 Å². The van der Waals surface area contributed by atoms with Crippen LogP contribution in [-0.4, -0.2) is 46.5 Å². The summed E-state index contributed by atoms with van der Waals surface area (Å²) < 4.78 is 1.66. The van der Waals surface area contributed by atoms with Gasteiger partial charge in [0.15, 0.2) is 0 Å². The van der Waals surface area contributed by atoms with Crippen molar-refractivity contribution in [3.05, 3.63) is 48.0 Å². The van der Waals surface area contributed by atoms with Gasteiger partial charge in [-0.25, -0.2) is 4.98 Å². The molecule has 0 atom stereocenters. The lowest BCUT2D eigenvalue weighted by Crippen LogP contribution is -2.49. The van der Waals surface area contributed by atoms with E-state index in [1.54, 1.807) is 17.0 Å². The summed E-state index contributed by atoms with van der Waals surface area (Å²) in [5.74, 6) is 0.0858. The number of piperazine rings is 1. The number of hydrogen-bond donors (Lipinski definition) is 0. The fourth-order valence-corrected chi connectivity index (χ4v) is 2.70. The number of rotatable bonds is 3. The molecule has 2 aromatic rings. The standard InChI is InChI=1S/C15H17ClN4O/c16-15-17-6-7-20(15)12-14(21)19-10-8-18(9-11-19)13-4-2-1-3-5-13/h1-7H,8-12H2. The van der Waals surface area contributed by atoms with Crippen molar-refractivity contribution in [1.29, 1.82) is 0 Å². The fraction of sp³-hybridized carbons (Fsp3) is 0.333. The molecule has 1 aromatic heterocycles. The lowest BCUT2D eigenvalue weighted by molar-refractivity contribution is -0.132. The van der Waals surface area contributed by atoms with Crippen LogP contribution in [0.2, 0.25) is 5.28 Å². The Balaban J connectivity index is 1.56. The van der Waals surface area contributed by atoms with Gasteiger partial charge < -0.3 is 14.4 Å². The van der Waals surface area contributed by atoms with Crippen molar-refractivity contribution in [2.75, 3.05) is 31.1 Å². The average molecular weight is 305 g/mol. The first-order valence-corrected chi connectivity index (χ1v) is 7.36. The van der Waals surface area contributed by atoms with Crippen LogP contribution in [0.5, 0.6) is 0 Å². The van der Waals surface area contributed by atoms with E-state index >= 15 is 0 Å². The SMILES string of the molecule is O=C(Cn1ccnc1Cl)N1CCN(c2ccccc2)CC1. The van der Waals surface area contributed by atoms with E-state index in [9.17, 15) is 4.79 Å². The highest BCUT2D eigenvalue weighted by molar-refractivity contribution is 6.28. The molecule has 1 aromatic carbocycles. The lowest BCUT2D eigenvalue weighted by Gasteiger charge is -2.36. The Morgan fingerprint density at radius 1 is 1.14 bits per heavy atom. The molecule has 0 bridgehead atoms. The molecule has 110 valence electrons. The Morgan fingerprint density at radius 2 is 1.86 bits per heavy atom. The Hall–Kier alpha value is -2.01. The average Bonchev–Trinajstić information content (AvgIpc) is 2.93. The number of aromatic nitrogens is 2. The monoisotopic (exact) mass is 304 g/mol. The molecule has 0 saturated carbocycles. The van der Waals surface area contributed by atoms with Crippen molar-refractivity contribution in [1.82, 2.24) is 14.5 Å². The Bertz CT molecular complexity index is 605. The van der Waals surface area contributed by atoms with Crippen LogP contribution in [0.4, 0.5) is 5.69 Å². The second-order valence-electron chi connectivity index (χ2n) is 5.03. The smallest absolute Gasteiger partial charge is 0.242 e. The van der Waals surface area contributed by atoms with Gasteiger partial charge in [-0.2, -0.15) is 0 Å². The van der Waals surface area contributed by atoms with E-state index in [0.29, 0.717) is 5.28 Å². The summed E-state index contributed by atoms with van der Waals surface area (Å²) in [4.78, 5) is 20.4. The number of hydrogen-bond acceptors (Lipinski definition) is 3. The van der Waals surface area contributed by atoms with E-state index in [2.05, 4.69) is 22.0 Å². The summed E-state index contributed by atoms with van der Waals surface area (Å²) in [6.45, 7) is 3.44. The van der Waals surface area contributed by atoms with Crippen LogP contribution in [0.3, 0.4) is 0 Å². The fourth-order valence-electron chi connectivity index (χ4n) is 2.53. The van der Waals surface area contributed by atoms with Crippen molar-refractivity contribution >= 4 is 23.2 Å². The van der Waals surface area contributed by atoms with Gasteiger partial charge in [0, 0.05) is 44.3 Å². The van der Waals surface area contributed by atoms with E-state index in [1.165, 1.54) is 5.69 Å². The molecule has 1 saturated heterocycles. The number of benzene rings is 1. The zero-order valence-electron chi connectivity index (χ0n) is 11.7. The summed E-state index contributed by atoms with van der Waals surface area (Å²) in [6.07, 6.45) is 3.32. The van der Waals surface area contributed by atoms with E-state index < -0.39 is 0 Å². The minimum absolute atomic E-state index is 0.0858. The largest absolute Gasteiger partial charge is 0.368 e. The third kappa shape index (κ3) is 3.19. The van der Waals surface area contributed by atoms with E-state index in [1.807, 2.05) is 23.1 Å². The number of nitrogens with zero attached hydrogens (tertiary/aromatic N) is 4. The number of halogens is 1. The molecule has 2 heterocycles. The molecule has 0 spiro atoms. The van der Waals surface area contributed by atoms with Gasteiger partial charge in [-0.05, 0) is 23.7 Å². The minimum Gasteiger partial charge on any atom is -0.368 e. The van der Waals surface area contributed by atoms with Crippen LogP contribution in [0.25, 0.3) is 0 Å². The molecule has 1 amide bonds. The van der Waals surface area contributed by atoms with Gasteiger partial charge >= 0.3 is 0 Å². The third-order valence-corrected chi connectivity index (χ3v) is 4.04.